The predicted octanol–water partition coefficient (Wildman–Crippen LogP) is 3.21. The van der Waals surface area contributed by atoms with E-state index in [1.807, 2.05) is 49.4 Å². The standard InChI is InChI=1S/C22H32O5Si2/c1-6-20-14-16-22(17-15-20)29(23-3,24-4)27-19-11-18-26-28(5,25-7-2)21-12-9-8-10-13-21/h6,8-10,12-17H,1,7,11,18-19H2,2-5H3. The van der Waals surface area contributed by atoms with Crippen molar-refractivity contribution in [1.29, 1.82) is 0 Å². The molecule has 0 N–H and O–H groups in total. The first-order valence-electron chi connectivity index (χ1n) is 9.84. The number of rotatable bonds is 13. The summed E-state index contributed by atoms with van der Waals surface area (Å²) in [4.78, 5) is 0. The molecule has 0 saturated carbocycles. The summed E-state index contributed by atoms with van der Waals surface area (Å²) in [5.41, 5.74) is 1.04. The van der Waals surface area contributed by atoms with Crippen molar-refractivity contribution in [3.63, 3.8) is 0 Å². The molecule has 0 aliphatic carbocycles. The van der Waals surface area contributed by atoms with Gasteiger partial charge in [-0.15, -0.1) is 0 Å². The molecule has 0 amide bonds. The van der Waals surface area contributed by atoms with E-state index in [9.17, 15) is 0 Å². The van der Waals surface area contributed by atoms with Crippen LogP contribution in [-0.4, -0.2) is 51.4 Å². The van der Waals surface area contributed by atoms with Gasteiger partial charge in [-0.25, -0.2) is 0 Å². The van der Waals surface area contributed by atoms with Crippen molar-refractivity contribution in [2.45, 2.75) is 19.9 Å². The molecule has 2 aromatic carbocycles. The minimum atomic E-state index is -2.94. The molecular formula is C22H32O5Si2. The summed E-state index contributed by atoms with van der Waals surface area (Å²) in [6.07, 6.45) is 2.52. The summed E-state index contributed by atoms with van der Waals surface area (Å²) in [6.45, 7) is 9.51. The summed E-state index contributed by atoms with van der Waals surface area (Å²) < 4.78 is 29.8. The summed E-state index contributed by atoms with van der Waals surface area (Å²) in [5.74, 6) is 0. The molecule has 0 fully saturated rings. The van der Waals surface area contributed by atoms with E-state index in [-0.39, 0.29) is 0 Å². The van der Waals surface area contributed by atoms with Gasteiger partial charge in [0.25, 0.3) is 0 Å². The van der Waals surface area contributed by atoms with Gasteiger partial charge >= 0.3 is 17.4 Å². The molecule has 0 bridgehead atoms. The molecule has 5 nitrogen and oxygen atoms in total. The minimum Gasteiger partial charge on any atom is -0.391 e. The van der Waals surface area contributed by atoms with Gasteiger partial charge in [-0.05, 0) is 30.6 Å². The second-order valence-corrected chi connectivity index (χ2v) is 12.4. The van der Waals surface area contributed by atoms with Gasteiger partial charge in [-0.2, -0.15) is 0 Å². The maximum absolute atomic E-state index is 6.23. The van der Waals surface area contributed by atoms with E-state index in [4.69, 9.17) is 22.1 Å². The molecule has 0 saturated heterocycles. The molecule has 2 rings (SSSR count). The summed E-state index contributed by atoms with van der Waals surface area (Å²) in [7, 11) is -2.11. The lowest BCUT2D eigenvalue weighted by atomic mass is 10.2. The third-order valence-electron chi connectivity index (χ3n) is 4.71. The Morgan fingerprint density at radius 1 is 0.828 bits per heavy atom. The van der Waals surface area contributed by atoms with Gasteiger partial charge in [0.15, 0.2) is 0 Å². The molecule has 1 unspecified atom stereocenters. The van der Waals surface area contributed by atoms with Crippen LogP contribution in [0, 0.1) is 0 Å². The lowest BCUT2D eigenvalue weighted by Gasteiger charge is -2.28. The van der Waals surface area contributed by atoms with Crippen molar-refractivity contribution in [3.05, 3.63) is 66.7 Å². The Morgan fingerprint density at radius 2 is 1.45 bits per heavy atom. The normalized spacial score (nSPS) is 13.8. The molecule has 0 aliphatic heterocycles. The smallest absolute Gasteiger partial charge is 0.391 e. The third-order valence-corrected chi connectivity index (χ3v) is 10.4. The highest BCUT2D eigenvalue weighted by Gasteiger charge is 2.42. The topological polar surface area (TPSA) is 46.2 Å². The Kier molecular flexibility index (Phi) is 9.44. The predicted molar refractivity (Wildman–Crippen MR) is 122 cm³/mol. The Morgan fingerprint density at radius 3 is 2.00 bits per heavy atom. The summed E-state index contributed by atoms with van der Waals surface area (Å²) >= 11 is 0. The molecule has 0 aliphatic rings. The van der Waals surface area contributed by atoms with E-state index >= 15 is 0 Å². The average Bonchev–Trinajstić information content (AvgIpc) is 2.77. The van der Waals surface area contributed by atoms with Gasteiger partial charge in [0.2, 0.25) is 0 Å². The Labute approximate surface area is 176 Å². The van der Waals surface area contributed by atoms with Crippen LogP contribution in [-0.2, 0) is 22.1 Å². The van der Waals surface area contributed by atoms with Gasteiger partial charge in [0.1, 0.15) is 0 Å². The van der Waals surface area contributed by atoms with Gasteiger partial charge in [0.05, 0.1) is 0 Å². The highest BCUT2D eigenvalue weighted by atomic mass is 28.4. The van der Waals surface area contributed by atoms with E-state index in [0.29, 0.717) is 26.2 Å². The largest absolute Gasteiger partial charge is 0.536 e. The maximum Gasteiger partial charge on any atom is 0.536 e. The fourth-order valence-electron chi connectivity index (χ4n) is 3.10. The molecule has 29 heavy (non-hydrogen) atoms. The fourth-order valence-corrected chi connectivity index (χ4v) is 7.43. The van der Waals surface area contributed by atoms with Crippen LogP contribution in [0.3, 0.4) is 0 Å². The van der Waals surface area contributed by atoms with Crippen molar-refractivity contribution in [1.82, 2.24) is 0 Å². The SMILES string of the molecule is C=Cc1ccc([Si](OC)(OC)OCCCO[Si](C)(OCC)c2ccccc2)cc1. The molecule has 0 spiro atoms. The molecule has 0 radical (unpaired) electrons. The average molecular weight is 433 g/mol. The number of hydrogen-bond acceptors (Lipinski definition) is 5. The molecule has 2 aromatic rings. The maximum atomic E-state index is 6.23. The molecule has 158 valence electrons. The van der Waals surface area contributed by atoms with Crippen LogP contribution in [0.4, 0.5) is 0 Å². The van der Waals surface area contributed by atoms with Crippen molar-refractivity contribution in [2.75, 3.05) is 34.0 Å². The van der Waals surface area contributed by atoms with Crippen molar-refractivity contribution in [3.8, 4) is 0 Å². The van der Waals surface area contributed by atoms with Gasteiger partial charge in [-0.1, -0.05) is 67.3 Å². The Hall–Kier alpha value is -1.59. The van der Waals surface area contributed by atoms with Crippen LogP contribution < -0.4 is 10.4 Å². The molecule has 0 heterocycles. The van der Waals surface area contributed by atoms with Crippen molar-refractivity contribution >= 4 is 33.8 Å². The Balaban J connectivity index is 1.94. The highest BCUT2D eigenvalue weighted by Crippen LogP contribution is 2.12. The first-order chi connectivity index (χ1) is 14.0. The molecule has 0 aromatic heterocycles. The second-order valence-electron chi connectivity index (χ2n) is 6.59. The van der Waals surface area contributed by atoms with Crippen LogP contribution in [0.15, 0.2) is 61.2 Å². The first-order valence-corrected chi connectivity index (χ1v) is 13.9. The van der Waals surface area contributed by atoms with Crippen molar-refractivity contribution in [2.24, 2.45) is 0 Å². The monoisotopic (exact) mass is 432 g/mol. The van der Waals surface area contributed by atoms with E-state index in [1.54, 1.807) is 20.3 Å². The van der Waals surface area contributed by atoms with E-state index in [1.165, 1.54) is 0 Å². The third kappa shape index (κ3) is 6.19. The fraction of sp³-hybridized carbons (Fsp3) is 0.364. The van der Waals surface area contributed by atoms with Crippen molar-refractivity contribution < 1.29 is 22.1 Å². The summed E-state index contributed by atoms with van der Waals surface area (Å²) in [5, 5.41) is 2.05. The minimum absolute atomic E-state index is 0.475. The Bertz CT molecular complexity index is 735. The van der Waals surface area contributed by atoms with E-state index in [0.717, 1.165) is 15.9 Å². The molecule has 1 atom stereocenters. The second kappa shape index (κ2) is 11.6. The molecular weight excluding hydrogens is 400 g/mol. The van der Waals surface area contributed by atoms with Crippen LogP contribution in [0.5, 0.6) is 0 Å². The quantitative estimate of drug-likeness (QED) is 0.359. The van der Waals surface area contributed by atoms with Crippen LogP contribution >= 0.6 is 0 Å². The van der Waals surface area contributed by atoms with Gasteiger partial charge in [-0.3, -0.25) is 0 Å². The van der Waals surface area contributed by atoms with Crippen LogP contribution in [0.25, 0.3) is 6.08 Å². The van der Waals surface area contributed by atoms with Gasteiger partial charge < -0.3 is 22.1 Å². The molecule has 7 heteroatoms. The first kappa shape index (κ1) is 23.7. The number of benzene rings is 2. The lowest BCUT2D eigenvalue weighted by molar-refractivity contribution is 0.103. The lowest BCUT2D eigenvalue weighted by Crippen LogP contribution is -2.55. The van der Waals surface area contributed by atoms with E-state index in [2.05, 4.69) is 25.3 Å². The van der Waals surface area contributed by atoms with Crippen LogP contribution in [0.2, 0.25) is 6.55 Å². The number of hydrogen-bond donors (Lipinski definition) is 0. The van der Waals surface area contributed by atoms with Gasteiger partial charge in [0, 0.05) is 39.2 Å². The zero-order valence-corrected chi connectivity index (χ0v) is 19.9. The highest BCUT2D eigenvalue weighted by molar-refractivity contribution is 6.80. The zero-order valence-electron chi connectivity index (χ0n) is 17.9. The summed E-state index contributed by atoms with van der Waals surface area (Å²) in [6, 6.07) is 18.1. The zero-order chi connectivity index (χ0) is 21.2. The van der Waals surface area contributed by atoms with E-state index < -0.39 is 17.4 Å². The van der Waals surface area contributed by atoms with Crippen LogP contribution in [0.1, 0.15) is 18.9 Å².